The maximum Gasteiger partial charge on any atom is 0.225 e. The van der Waals surface area contributed by atoms with Gasteiger partial charge in [-0.05, 0) is 5.92 Å². The molecule has 0 atom stereocenters. The molecule has 0 spiro atoms. The molecule has 0 fully saturated rings. The zero-order valence-corrected chi connectivity index (χ0v) is 8.77. The van der Waals surface area contributed by atoms with Gasteiger partial charge in [-0.1, -0.05) is 27.7 Å². The van der Waals surface area contributed by atoms with Gasteiger partial charge in [-0.3, -0.25) is 0 Å². The summed E-state index contributed by atoms with van der Waals surface area (Å²) in [6.45, 7) is 8.30. The van der Waals surface area contributed by atoms with Gasteiger partial charge in [0.2, 0.25) is 5.88 Å². The van der Waals surface area contributed by atoms with E-state index in [1.807, 2.05) is 0 Å². The van der Waals surface area contributed by atoms with Crippen molar-refractivity contribution in [1.82, 2.24) is 4.98 Å². The molecule has 3 heteroatoms. The first-order chi connectivity index (χ1) is 5.52. The Bertz CT molecular complexity index is 265. The molecule has 0 bridgehead atoms. The molecule has 1 rings (SSSR count). The van der Waals surface area contributed by atoms with Crippen LogP contribution in [0.4, 0.5) is 0 Å². The Morgan fingerprint density at radius 3 is 2.00 bits per heavy atom. The van der Waals surface area contributed by atoms with E-state index >= 15 is 0 Å². The summed E-state index contributed by atoms with van der Waals surface area (Å²) in [5, 5.41) is 10.5. The fourth-order valence-corrected chi connectivity index (χ4v) is 1.93. The van der Waals surface area contributed by atoms with E-state index < -0.39 is 0 Å². The van der Waals surface area contributed by atoms with Crippen LogP contribution in [-0.2, 0) is 0 Å². The Morgan fingerprint density at radius 1 is 1.17 bits per heavy atom. The summed E-state index contributed by atoms with van der Waals surface area (Å²) in [7, 11) is 0. The molecule has 0 aliphatic rings. The summed E-state index contributed by atoms with van der Waals surface area (Å²) in [5.74, 6) is 1.00. The minimum Gasteiger partial charge on any atom is -0.492 e. The Morgan fingerprint density at radius 2 is 1.75 bits per heavy atom. The Kier molecular flexibility index (Phi) is 2.73. The number of thiazole rings is 1. The second-order valence-electron chi connectivity index (χ2n) is 3.55. The number of nitrogens with zero attached hydrogens (tertiary/aromatic N) is 1. The molecule has 0 radical (unpaired) electrons. The number of hydrogen-bond acceptors (Lipinski definition) is 3. The molecule has 0 unspecified atom stereocenters. The van der Waals surface area contributed by atoms with Crippen LogP contribution >= 0.6 is 11.3 Å². The summed E-state index contributed by atoms with van der Waals surface area (Å²) in [6, 6.07) is 0. The monoisotopic (exact) mass is 185 g/mol. The SMILES string of the molecule is CC(C)c1nc(O)c(C(C)C)s1. The smallest absolute Gasteiger partial charge is 0.225 e. The highest BCUT2D eigenvalue weighted by Crippen LogP contribution is 2.34. The standard InChI is InChI=1S/C9H15NOS/c1-5(2)7-8(11)10-9(12-7)6(3)4/h5-6,11H,1-4H3. The third kappa shape index (κ3) is 1.78. The lowest BCUT2D eigenvalue weighted by Gasteiger charge is -1.98. The Balaban J connectivity index is 3.00. The first-order valence-corrected chi connectivity index (χ1v) is 5.03. The first kappa shape index (κ1) is 9.52. The van der Waals surface area contributed by atoms with E-state index in [-0.39, 0.29) is 5.88 Å². The third-order valence-corrected chi connectivity index (χ3v) is 3.32. The summed E-state index contributed by atoms with van der Waals surface area (Å²) >= 11 is 1.61. The largest absolute Gasteiger partial charge is 0.492 e. The van der Waals surface area contributed by atoms with E-state index in [1.54, 1.807) is 11.3 Å². The van der Waals surface area contributed by atoms with E-state index in [2.05, 4.69) is 32.7 Å². The molecule has 0 aromatic carbocycles. The molecule has 0 aliphatic carbocycles. The van der Waals surface area contributed by atoms with E-state index in [1.165, 1.54) is 0 Å². The van der Waals surface area contributed by atoms with Crippen LogP contribution in [0.15, 0.2) is 0 Å². The summed E-state index contributed by atoms with van der Waals surface area (Å²) < 4.78 is 0. The predicted octanol–water partition coefficient (Wildman–Crippen LogP) is 3.10. The molecule has 0 saturated heterocycles. The van der Waals surface area contributed by atoms with Crippen molar-refractivity contribution in [2.24, 2.45) is 0 Å². The number of aromatic nitrogens is 1. The molecule has 0 amide bonds. The fourth-order valence-electron chi connectivity index (χ4n) is 0.964. The van der Waals surface area contributed by atoms with Crippen LogP contribution in [0.1, 0.15) is 49.4 Å². The first-order valence-electron chi connectivity index (χ1n) is 4.22. The Labute approximate surface area is 77.3 Å². The molecule has 1 aromatic heterocycles. The quantitative estimate of drug-likeness (QED) is 0.768. The van der Waals surface area contributed by atoms with Crippen molar-refractivity contribution >= 4 is 11.3 Å². The van der Waals surface area contributed by atoms with Crippen LogP contribution in [0.2, 0.25) is 0 Å². The lowest BCUT2D eigenvalue weighted by Crippen LogP contribution is -1.82. The maximum atomic E-state index is 9.45. The van der Waals surface area contributed by atoms with Gasteiger partial charge in [0.15, 0.2) is 0 Å². The van der Waals surface area contributed by atoms with Crippen molar-refractivity contribution in [2.45, 2.75) is 39.5 Å². The molecule has 12 heavy (non-hydrogen) atoms. The molecule has 68 valence electrons. The molecule has 0 saturated carbocycles. The average Bonchev–Trinajstić information content (AvgIpc) is 2.30. The minimum atomic E-state index is 0.221. The molecule has 0 aliphatic heterocycles. The normalized spacial score (nSPS) is 11.5. The Hall–Kier alpha value is -0.570. The molecular formula is C9H15NOS. The van der Waals surface area contributed by atoms with Crippen molar-refractivity contribution in [3.63, 3.8) is 0 Å². The van der Waals surface area contributed by atoms with Crippen molar-refractivity contribution in [1.29, 1.82) is 0 Å². The molecule has 1 aromatic rings. The van der Waals surface area contributed by atoms with Crippen molar-refractivity contribution in [2.75, 3.05) is 0 Å². The molecule has 2 nitrogen and oxygen atoms in total. The van der Waals surface area contributed by atoms with Crippen LogP contribution in [0.3, 0.4) is 0 Å². The molecule has 1 heterocycles. The van der Waals surface area contributed by atoms with E-state index in [4.69, 9.17) is 0 Å². The predicted molar refractivity (Wildman–Crippen MR) is 52.0 cm³/mol. The summed E-state index contributed by atoms with van der Waals surface area (Å²) in [4.78, 5) is 5.10. The van der Waals surface area contributed by atoms with Crippen molar-refractivity contribution < 1.29 is 5.11 Å². The average molecular weight is 185 g/mol. The lowest BCUT2D eigenvalue weighted by atomic mass is 10.2. The topological polar surface area (TPSA) is 33.1 Å². The highest BCUT2D eigenvalue weighted by atomic mass is 32.1. The van der Waals surface area contributed by atoms with Crippen LogP contribution in [0.5, 0.6) is 5.88 Å². The number of hydrogen-bond donors (Lipinski definition) is 1. The van der Waals surface area contributed by atoms with E-state index in [9.17, 15) is 5.11 Å². The van der Waals surface area contributed by atoms with Gasteiger partial charge < -0.3 is 5.11 Å². The van der Waals surface area contributed by atoms with Gasteiger partial charge in [0.25, 0.3) is 0 Å². The van der Waals surface area contributed by atoms with Gasteiger partial charge in [-0.2, -0.15) is 0 Å². The van der Waals surface area contributed by atoms with Gasteiger partial charge in [-0.15, -0.1) is 11.3 Å². The van der Waals surface area contributed by atoms with Crippen molar-refractivity contribution in [3.05, 3.63) is 9.88 Å². The molecular weight excluding hydrogens is 170 g/mol. The lowest BCUT2D eigenvalue weighted by molar-refractivity contribution is 0.446. The van der Waals surface area contributed by atoms with Gasteiger partial charge >= 0.3 is 0 Å². The number of rotatable bonds is 2. The third-order valence-electron chi connectivity index (χ3n) is 1.67. The fraction of sp³-hybridized carbons (Fsp3) is 0.667. The zero-order valence-electron chi connectivity index (χ0n) is 7.96. The van der Waals surface area contributed by atoms with E-state index in [0.717, 1.165) is 9.88 Å². The zero-order chi connectivity index (χ0) is 9.30. The minimum absolute atomic E-state index is 0.221. The van der Waals surface area contributed by atoms with Crippen LogP contribution in [0.25, 0.3) is 0 Å². The van der Waals surface area contributed by atoms with Gasteiger partial charge in [0.1, 0.15) is 0 Å². The van der Waals surface area contributed by atoms with Crippen LogP contribution in [-0.4, -0.2) is 10.1 Å². The molecule has 1 N–H and O–H groups in total. The van der Waals surface area contributed by atoms with Crippen LogP contribution in [0, 0.1) is 0 Å². The maximum absolute atomic E-state index is 9.45. The summed E-state index contributed by atoms with van der Waals surface area (Å²) in [6.07, 6.45) is 0. The van der Waals surface area contributed by atoms with Gasteiger partial charge in [0, 0.05) is 5.92 Å². The second kappa shape index (κ2) is 3.44. The second-order valence-corrected chi connectivity index (χ2v) is 4.61. The van der Waals surface area contributed by atoms with E-state index in [0.29, 0.717) is 11.8 Å². The van der Waals surface area contributed by atoms with Crippen LogP contribution < -0.4 is 0 Å². The number of aromatic hydroxyl groups is 1. The highest BCUT2D eigenvalue weighted by molar-refractivity contribution is 7.12. The van der Waals surface area contributed by atoms with Gasteiger partial charge in [0.05, 0.1) is 9.88 Å². The van der Waals surface area contributed by atoms with Gasteiger partial charge in [-0.25, -0.2) is 4.98 Å². The summed E-state index contributed by atoms with van der Waals surface area (Å²) in [5.41, 5.74) is 0. The van der Waals surface area contributed by atoms with Crippen molar-refractivity contribution in [3.8, 4) is 5.88 Å². The highest BCUT2D eigenvalue weighted by Gasteiger charge is 2.14.